The fourth-order valence-corrected chi connectivity index (χ4v) is 4.68. The van der Waals surface area contributed by atoms with Gasteiger partial charge in [-0.05, 0) is 84.8 Å². The molecule has 0 amide bonds. The number of benzene rings is 3. The molecule has 0 radical (unpaired) electrons. The molecular formula is C29H26IN3O4. The van der Waals surface area contributed by atoms with Crippen molar-refractivity contribution in [2.24, 2.45) is 5.10 Å². The van der Waals surface area contributed by atoms with Gasteiger partial charge in [0.25, 0.3) is 5.56 Å². The van der Waals surface area contributed by atoms with Gasteiger partial charge >= 0.3 is 0 Å². The Bertz CT molecular complexity index is 1640. The molecule has 7 nitrogen and oxygen atoms in total. The molecule has 5 rings (SSSR count). The first kappa shape index (κ1) is 25.0. The van der Waals surface area contributed by atoms with Crippen molar-refractivity contribution >= 4 is 50.7 Å². The van der Waals surface area contributed by atoms with Crippen LogP contribution in [0, 0.1) is 3.57 Å². The molecule has 2 heterocycles. The lowest BCUT2D eigenvalue weighted by molar-refractivity contribution is 0.201. The standard InChI is InChI=1S/C29H26IN3O4/c1-4-18(3)36-27-22(30)14-19(15-25(27)35-5-2)17-31-33-28(26-16-20-10-6-9-13-24(20)37-26)32-23-12-8-7-11-21(23)29(33)34/h6-18H,4-5H2,1-3H3/t18-/m1/s1. The van der Waals surface area contributed by atoms with E-state index < -0.39 is 0 Å². The lowest BCUT2D eigenvalue weighted by Crippen LogP contribution is -2.20. The summed E-state index contributed by atoms with van der Waals surface area (Å²) in [5, 5.41) is 5.97. The zero-order valence-corrected chi connectivity index (χ0v) is 22.9. The molecule has 0 unspecified atom stereocenters. The molecule has 1 atom stereocenters. The Balaban J connectivity index is 1.63. The van der Waals surface area contributed by atoms with Crippen LogP contribution >= 0.6 is 22.6 Å². The summed E-state index contributed by atoms with van der Waals surface area (Å²) in [6, 6.07) is 20.6. The number of nitrogens with zero attached hydrogens (tertiary/aromatic N) is 3. The van der Waals surface area contributed by atoms with E-state index in [-0.39, 0.29) is 11.7 Å². The molecular weight excluding hydrogens is 581 g/mol. The van der Waals surface area contributed by atoms with E-state index in [0.717, 1.165) is 20.9 Å². The number of fused-ring (bicyclic) bond motifs is 2. The number of rotatable bonds is 8. The quantitative estimate of drug-likeness (QED) is 0.142. The van der Waals surface area contributed by atoms with Gasteiger partial charge in [-0.1, -0.05) is 37.3 Å². The van der Waals surface area contributed by atoms with Gasteiger partial charge in [0.15, 0.2) is 17.3 Å². The first-order valence-corrected chi connectivity index (χ1v) is 13.2. The van der Waals surface area contributed by atoms with Crippen molar-refractivity contribution < 1.29 is 13.9 Å². The molecule has 0 fully saturated rings. The molecule has 188 valence electrons. The second-order valence-electron chi connectivity index (χ2n) is 8.56. The van der Waals surface area contributed by atoms with Crippen molar-refractivity contribution in [3.05, 3.63) is 86.2 Å². The average molecular weight is 607 g/mol. The minimum Gasteiger partial charge on any atom is -0.490 e. The van der Waals surface area contributed by atoms with Crippen LogP contribution in [0.5, 0.6) is 11.5 Å². The normalized spacial score (nSPS) is 12.4. The monoisotopic (exact) mass is 607 g/mol. The summed E-state index contributed by atoms with van der Waals surface area (Å²) >= 11 is 2.23. The Morgan fingerprint density at radius 2 is 1.89 bits per heavy atom. The van der Waals surface area contributed by atoms with Crippen molar-refractivity contribution in [2.75, 3.05) is 6.61 Å². The first-order chi connectivity index (χ1) is 18.0. The number of ether oxygens (including phenoxy) is 2. The summed E-state index contributed by atoms with van der Waals surface area (Å²) in [6.45, 7) is 6.53. The second kappa shape index (κ2) is 10.8. The van der Waals surface area contributed by atoms with E-state index in [2.05, 4.69) is 34.6 Å². The number of hydrogen-bond donors (Lipinski definition) is 0. The van der Waals surface area contributed by atoms with Gasteiger partial charge in [-0.25, -0.2) is 4.98 Å². The lowest BCUT2D eigenvalue weighted by atomic mass is 10.2. The molecule has 0 saturated carbocycles. The third-order valence-corrected chi connectivity index (χ3v) is 6.75. The van der Waals surface area contributed by atoms with Crippen LogP contribution in [-0.2, 0) is 0 Å². The third kappa shape index (κ3) is 5.11. The molecule has 5 aromatic rings. The summed E-state index contributed by atoms with van der Waals surface area (Å²) in [4.78, 5) is 18.3. The molecule has 0 N–H and O–H groups in total. The zero-order valence-electron chi connectivity index (χ0n) is 20.8. The highest BCUT2D eigenvalue weighted by atomic mass is 127. The highest BCUT2D eigenvalue weighted by Gasteiger charge is 2.17. The van der Waals surface area contributed by atoms with Gasteiger partial charge < -0.3 is 13.9 Å². The SMILES string of the molecule is CCOc1cc(C=Nn2c(-c3cc4ccccc4o3)nc3ccccc3c2=O)cc(I)c1O[C@H](C)CC. The zero-order chi connectivity index (χ0) is 25.9. The van der Waals surface area contributed by atoms with Crippen LogP contribution in [0.25, 0.3) is 33.5 Å². The predicted octanol–water partition coefficient (Wildman–Crippen LogP) is 6.87. The minimum absolute atomic E-state index is 0.0563. The summed E-state index contributed by atoms with van der Waals surface area (Å²) < 4.78 is 20.2. The molecule has 0 aliphatic rings. The molecule has 3 aromatic carbocycles. The van der Waals surface area contributed by atoms with Crippen LogP contribution in [0.4, 0.5) is 0 Å². The van der Waals surface area contributed by atoms with Crippen LogP contribution in [0.1, 0.15) is 32.8 Å². The van der Waals surface area contributed by atoms with Crippen LogP contribution in [0.2, 0.25) is 0 Å². The highest BCUT2D eigenvalue weighted by Crippen LogP contribution is 2.35. The van der Waals surface area contributed by atoms with Gasteiger partial charge in [-0.2, -0.15) is 9.78 Å². The molecule has 0 aliphatic heterocycles. The van der Waals surface area contributed by atoms with Crippen molar-refractivity contribution in [3.8, 4) is 23.1 Å². The molecule has 0 spiro atoms. The van der Waals surface area contributed by atoms with Crippen molar-refractivity contribution in [1.82, 2.24) is 9.66 Å². The number of hydrogen-bond acceptors (Lipinski definition) is 6. The average Bonchev–Trinajstić information content (AvgIpc) is 3.34. The van der Waals surface area contributed by atoms with Crippen molar-refractivity contribution in [1.29, 1.82) is 0 Å². The van der Waals surface area contributed by atoms with Crippen LogP contribution < -0.4 is 15.0 Å². The van der Waals surface area contributed by atoms with E-state index in [0.29, 0.717) is 46.2 Å². The predicted molar refractivity (Wildman–Crippen MR) is 155 cm³/mol. The van der Waals surface area contributed by atoms with Gasteiger partial charge in [0.1, 0.15) is 5.58 Å². The smallest absolute Gasteiger partial charge is 0.282 e. The fraction of sp³-hybridized carbons (Fsp3) is 0.207. The van der Waals surface area contributed by atoms with E-state index in [9.17, 15) is 4.79 Å². The Hall–Kier alpha value is -3.66. The van der Waals surface area contributed by atoms with Gasteiger partial charge in [-0.15, -0.1) is 0 Å². The first-order valence-electron chi connectivity index (χ1n) is 12.2. The molecule has 37 heavy (non-hydrogen) atoms. The Labute approximate surface area is 227 Å². The summed E-state index contributed by atoms with van der Waals surface area (Å²) in [5.41, 5.74) is 1.77. The third-order valence-electron chi connectivity index (χ3n) is 5.95. The number of aromatic nitrogens is 2. The van der Waals surface area contributed by atoms with Gasteiger partial charge in [0.05, 0.1) is 33.4 Å². The van der Waals surface area contributed by atoms with Crippen LogP contribution in [-0.4, -0.2) is 28.6 Å². The van der Waals surface area contributed by atoms with Crippen molar-refractivity contribution in [3.63, 3.8) is 0 Å². The number of halogens is 1. The number of furan rings is 1. The van der Waals surface area contributed by atoms with E-state index in [1.165, 1.54) is 4.68 Å². The summed E-state index contributed by atoms with van der Waals surface area (Å²) in [5.74, 6) is 2.13. The Morgan fingerprint density at radius 3 is 2.68 bits per heavy atom. The maximum Gasteiger partial charge on any atom is 0.282 e. The van der Waals surface area contributed by atoms with E-state index in [1.807, 2.05) is 74.5 Å². The second-order valence-corrected chi connectivity index (χ2v) is 9.72. The minimum atomic E-state index is -0.284. The summed E-state index contributed by atoms with van der Waals surface area (Å²) in [7, 11) is 0. The molecule has 2 aromatic heterocycles. The largest absolute Gasteiger partial charge is 0.490 e. The van der Waals surface area contributed by atoms with Gasteiger partial charge in [0, 0.05) is 5.39 Å². The van der Waals surface area contributed by atoms with E-state index in [4.69, 9.17) is 18.9 Å². The van der Waals surface area contributed by atoms with Gasteiger partial charge in [-0.3, -0.25) is 4.79 Å². The molecule has 0 bridgehead atoms. The van der Waals surface area contributed by atoms with Crippen LogP contribution in [0.3, 0.4) is 0 Å². The van der Waals surface area contributed by atoms with E-state index in [1.54, 1.807) is 12.3 Å². The molecule has 0 saturated heterocycles. The number of para-hydroxylation sites is 2. The van der Waals surface area contributed by atoms with Crippen molar-refractivity contribution in [2.45, 2.75) is 33.3 Å². The fourth-order valence-electron chi connectivity index (χ4n) is 3.93. The lowest BCUT2D eigenvalue weighted by Gasteiger charge is -2.18. The maximum absolute atomic E-state index is 13.5. The topological polar surface area (TPSA) is 78.9 Å². The van der Waals surface area contributed by atoms with Crippen LogP contribution in [0.15, 0.2) is 81.0 Å². The maximum atomic E-state index is 13.5. The highest BCUT2D eigenvalue weighted by molar-refractivity contribution is 14.1. The Morgan fingerprint density at radius 1 is 1.11 bits per heavy atom. The van der Waals surface area contributed by atoms with Gasteiger partial charge in [0.2, 0.25) is 5.82 Å². The molecule has 0 aliphatic carbocycles. The van der Waals surface area contributed by atoms with E-state index >= 15 is 0 Å². The Kier molecular flexibility index (Phi) is 7.27. The molecule has 8 heteroatoms. The summed E-state index contributed by atoms with van der Waals surface area (Å²) in [6.07, 6.45) is 2.57.